The van der Waals surface area contributed by atoms with Crippen molar-refractivity contribution < 1.29 is 19.2 Å². The molecule has 110 valence electrons. The number of nitro groups is 1. The van der Waals surface area contributed by atoms with Gasteiger partial charge in [0.1, 0.15) is 5.82 Å². The van der Waals surface area contributed by atoms with Crippen LogP contribution in [0, 0.1) is 15.9 Å². The molecule has 0 unspecified atom stereocenters. The lowest BCUT2D eigenvalue weighted by atomic mass is 9.93. The van der Waals surface area contributed by atoms with Crippen molar-refractivity contribution in [1.29, 1.82) is 0 Å². The number of hydrogen-bond donors (Lipinski definition) is 2. The first-order valence-corrected chi connectivity index (χ1v) is 6.26. The number of rotatable bonds is 6. The Kier molecular flexibility index (Phi) is 5.15. The molecule has 1 aromatic carbocycles. The van der Waals surface area contributed by atoms with Crippen LogP contribution < -0.4 is 5.32 Å². The van der Waals surface area contributed by atoms with E-state index in [9.17, 15) is 24.4 Å². The van der Waals surface area contributed by atoms with E-state index in [1.54, 1.807) is 13.8 Å². The van der Waals surface area contributed by atoms with Crippen molar-refractivity contribution in [1.82, 2.24) is 5.32 Å². The fourth-order valence-electron chi connectivity index (χ4n) is 1.80. The van der Waals surface area contributed by atoms with Gasteiger partial charge >= 0.3 is 0 Å². The second-order valence-corrected chi connectivity index (χ2v) is 4.52. The fraction of sp³-hybridized carbons (Fsp3) is 0.462. The minimum absolute atomic E-state index is 0.264. The van der Waals surface area contributed by atoms with Crippen LogP contribution in [0.3, 0.4) is 0 Å². The van der Waals surface area contributed by atoms with Crippen molar-refractivity contribution in [2.75, 3.05) is 6.61 Å². The Morgan fingerprint density at radius 3 is 2.45 bits per heavy atom. The molecule has 0 fully saturated rings. The maximum absolute atomic E-state index is 13.7. The number of carbonyl (C=O) groups is 1. The molecule has 0 atom stereocenters. The number of benzene rings is 1. The number of aliphatic hydroxyl groups is 1. The van der Waals surface area contributed by atoms with Gasteiger partial charge in [-0.15, -0.1) is 0 Å². The molecule has 1 rings (SSSR count). The first-order valence-electron chi connectivity index (χ1n) is 6.26. The molecule has 0 saturated heterocycles. The van der Waals surface area contributed by atoms with Gasteiger partial charge in [-0.25, -0.2) is 4.39 Å². The molecule has 0 spiro atoms. The zero-order valence-corrected chi connectivity index (χ0v) is 11.4. The number of non-ortho nitro benzene ring substituents is 1. The summed E-state index contributed by atoms with van der Waals surface area (Å²) in [7, 11) is 0. The van der Waals surface area contributed by atoms with Crippen LogP contribution in [0.1, 0.15) is 37.0 Å². The van der Waals surface area contributed by atoms with Crippen LogP contribution in [-0.2, 0) is 0 Å². The van der Waals surface area contributed by atoms with Crippen LogP contribution in [-0.4, -0.2) is 28.1 Å². The Labute approximate surface area is 115 Å². The number of hydrogen-bond acceptors (Lipinski definition) is 4. The summed E-state index contributed by atoms with van der Waals surface area (Å²) in [5, 5.41) is 22.5. The SMILES string of the molecule is CCC(CC)(CO)NC(=O)c1ccc([N+](=O)[O-])cc1F. The minimum Gasteiger partial charge on any atom is -0.394 e. The molecule has 0 aliphatic rings. The molecule has 1 aromatic rings. The number of nitrogens with one attached hydrogen (secondary N) is 1. The maximum Gasteiger partial charge on any atom is 0.272 e. The summed E-state index contributed by atoms with van der Waals surface area (Å²) in [4.78, 5) is 21.8. The quantitative estimate of drug-likeness (QED) is 0.617. The molecule has 0 bridgehead atoms. The third-order valence-electron chi connectivity index (χ3n) is 3.44. The average Bonchev–Trinajstić information content (AvgIpc) is 2.44. The lowest BCUT2D eigenvalue weighted by Gasteiger charge is -2.30. The molecule has 7 heteroatoms. The van der Waals surface area contributed by atoms with Crippen LogP contribution in [0.4, 0.5) is 10.1 Å². The lowest BCUT2D eigenvalue weighted by Crippen LogP contribution is -2.50. The van der Waals surface area contributed by atoms with Crippen molar-refractivity contribution in [2.24, 2.45) is 0 Å². The van der Waals surface area contributed by atoms with E-state index >= 15 is 0 Å². The van der Waals surface area contributed by atoms with Crippen molar-refractivity contribution in [3.05, 3.63) is 39.7 Å². The highest BCUT2D eigenvalue weighted by atomic mass is 19.1. The number of carbonyl (C=O) groups excluding carboxylic acids is 1. The summed E-state index contributed by atoms with van der Waals surface area (Å²) in [6.45, 7) is 3.33. The zero-order valence-electron chi connectivity index (χ0n) is 11.4. The van der Waals surface area contributed by atoms with Gasteiger partial charge in [0.25, 0.3) is 11.6 Å². The molecule has 6 nitrogen and oxygen atoms in total. The third-order valence-corrected chi connectivity index (χ3v) is 3.44. The highest BCUT2D eigenvalue weighted by molar-refractivity contribution is 5.95. The van der Waals surface area contributed by atoms with E-state index in [1.807, 2.05) is 0 Å². The van der Waals surface area contributed by atoms with Gasteiger partial charge in [0.15, 0.2) is 0 Å². The second-order valence-electron chi connectivity index (χ2n) is 4.52. The Hall–Kier alpha value is -2.02. The standard InChI is InChI=1S/C13H17FN2O4/c1-3-13(4-2,8-17)15-12(18)10-6-5-9(16(19)20)7-11(10)14/h5-7,17H,3-4,8H2,1-2H3,(H,15,18). The summed E-state index contributed by atoms with van der Waals surface area (Å²) in [6, 6.07) is 2.83. The van der Waals surface area contributed by atoms with Gasteiger partial charge in [-0.3, -0.25) is 14.9 Å². The van der Waals surface area contributed by atoms with Gasteiger partial charge in [-0.2, -0.15) is 0 Å². The molecule has 0 heterocycles. The molecule has 0 saturated carbocycles. The lowest BCUT2D eigenvalue weighted by molar-refractivity contribution is -0.385. The van der Waals surface area contributed by atoms with Gasteiger partial charge in [0.05, 0.1) is 28.7 Å². The molecule has 2 N–H and O–H groups in total. The predicted molar refractivity (Wildman–Crippen MR) is 70.9 cm³/mol. The molecule has 0 aliphatic carbocycles. The number of aliphatic hydroxyl groups excluding tert-OH is 1. The molecular formula is C13H17FN2O4. The van der Waals surface area contributed by atoms with Crippen molar-refractivity contribution >= 4 is 11.6 Å². The molecule has 0 aliphatic heterocycles. The molecular weight excluding hydrogens is 267 g/mol. The van der Waals surface area contributed by atoms with Crippen molar-refractivity contribution in [3.63, 3.8) is 0 Å². The maximum atomic E-state index is 13.7. The first-order chi connectivity index (χ1) is 9.39. The molecule has 0 radical (unpaired) electrons. The van der Waals surface area contributed by atoms with Gasteiger partial charge in [-0.05, 0) is 18.9 Å². The monoisotopic (exact) mass is 284 g/mol. The predicted octanol–water partition coefficient (Wildman–Crippen LogP) is 2.01. The Morgan fingerprint density at radius 1 is 1.45 bits per heavy atom. The largest absolute Gasteiger partial charge is 0.394 e. The summed E-state index contributed by atoms with van der Waals surface area (Å²) in [5.74, 6) is -1.66. The summed E-state index contributed by atoms with van der Waals surface area (Å²) < 4.78 is 13.7. The van der Waals surface area contributed by atoms with Crippen molar-refractivity contribution in [3.8, 4) is 0 Å². The smallest absolute Gasteiger partial charge is 0.272 e. The fourth-order valence-corrected chi connectivity index (χ4v) is 1.80. The molecule has 1 amide bonds. The number of nitro benzene ring substituents is 1. The van der Waals surface area contributed by atoms with Gasteiger partial charge in [-0.1, -0.05) is 13.8 Å². The van der Waals surface area contributed by atoms with Crippen LogP contribution in [0.15, 0.2) is 18.2 Å². The van der Waals surface area contributed by atoms with Gasteiger partial charge in [0, 0.05) is 6.07 Å². The average molecular weight is 284 g/mol. The van der Waals surface area contributed by atoms with Crippen LogP contribution in [0.25, 0.3) is 0 Å². The topological polar surface area (TPSA) is 92.5 Å². The van der Waals surface area contributed by atoms with Crippen LogP contribution in [0.2, 0.25) is 0 Å². The number of amides is 1. The van der Waals surface area contributed by atoms with Gasteiger partial charge in [0.2, 0.25) is 0 Å². The second kappa shape index (κ2) is 6.42. The third kappa shape index (κ3) is 3.30. The Morgan fingerprint density at radius 2 is 2.05 bits per heavy atom. The van der Waals surface area contributed by atoms with Crippen LogP contribution >= 0.6 is 0 Å². The van der Waals surface area contributed by atoms with E-state index in [1.165, 1.54) is 0 Å². The van der Waals surface area contributed by atoms with E-state index in [4.69, 9.17) is 0 Å². The first kappa shape index (κ1) is 16.0. The summed E-state index contributed by atoms with van der Waals surface area (Å²) in [6.07, 6.45) is 0.973. The highest BCUT2D eigenvalue weighted by Crippen LogP contribution is 2.19. The minimum atomic E-state index is -0.962. The van der Waals surface area contributed by atoms with Crippen molar-refractivity contribution in [2.45, 2.75) is 32.2 Å². The summed E-state index contributed by atoms with van der Waals surface area (Å²) in [5.41, 5.74) is -1.51. The Bertz CT molecular complexity index is 507. The zero-order chi connectivity index (χ0) is 15.3. The van der Waals surface area contributed by atoms with E-state index in [2.05, 4.69) is 5.32 Å². The van der Waals surface area contributed by atoms with E-state index in [-0.39, 0.29) is 12.2 Å². The van der Waals surface area contributed by atoms with E-state index in [0.717, 1.165) is 12.1 Å². The van der Waals surface area contributed by atoms with Gasteiger partial charge < -0.3 is 10.4 Å². The normalized spacial score (nSPS) is 11.2. The molecule has 0 aromatic heterocycles. The Balaban J connectivity index is 3.01. The number of nitrogens with zero attached hydrogens (tertiary/aromatic N) is 1. The number of halogens is 1. The van der Waals surface area contributed by atoms with E-state index < -0.39 is 27.9 Å². The molecule has 20 heavy (non-hydrogen) atoms. The highest BCUT2D eigenvalue weighted by Gasteiger charge is 2.28. The van der Waals surface area contributed by atoms with E-state index in [0.29, 0.717) is 18.9 Å². The summed E-state index contributed by atoms with van der Waals surface area (Å²) >= 11 is 0. The van der Waals surface area contributed by atoms with Crippen LogP contribution in [0.5, 0.6) is 0 Å².